The van der Waals surface area contributed by atoms with Crippen LogP contribution >= 0.6 is 0 Å². The van der Waals surface area contributed by atoms with Gasteiger partial charge in [-0.2, -0.15) is 0 Å². The van der Waals surface area contributed by atoms with Gasteiger partial charge in [0.15, 0.2) is 0 Å². The summed E-state index contributed by atoms with van der Waals surface area (Å²) in [6.07, 6.45) is 8.13. The fourth-order valence-electron chi connectivity index (χ4n) is 5.53. The van der Waals surface area contributed by atoms with Crippen molar-refractivity contribution in [3.63, 3.8) is 0 Å². The first-order chi connectivity index (χ1) is 11.5. The summed E-state index contributed by atoms with van der Waals surface area (Å²) in [5.74, 6) is 0.488. The van der Waals surface area contributed by atoms with Crippen molar-refractivity contribution >= 4 is 11.0 Å². The van der Waals surface area contributed by atoms with Crippen LogP contribution in [0.2, 0.25) is 0 Å². The van der Waals surface area contributed by atoms with E-state index in [2.05, 4.69) is 19.9 Å². The lowest BCUT2D eigenvalue weighted by atomic mass is 9.35. The molecule has 2 aromatic rings. The van der Waals surface area contributed by atoms with Crippen LogP contribution in [-0.2, 0) is 10.2 Å². The molecule has 1 saturated heterocycles. The molecule has 3 heterocycles. The molecule has 126 valence electrons. The maximum absolute atomic E-state index is 5.73. The zero-order valence-corrected chi connectivity index (χ0v) is 14.8. The van der Waals surface area contributed by atoms with Crippen LogP contribution < -0.4 is 0 Å². The maximum atomic E-state index is 5.73. The minimum atomic E-state index is 0.281. The number of hydrogen-bond acceptors (Lipinski definition) is 4. The van der Waals surface area contributed by atoms with E-state index >= 15 is 0 Å². The predicted octanol–water partition coefficient (Wildman–Crippen LogP) is 4.06. The first-order valence-electron chi connectivity index (χ1n) is 9.23. The van der Waals surface area contributed by atoms with Crippen LogP contribution in [0.25, 0.3) is 11.0 Å². The molecule has 2 aromatic heterocycles. The first-order valence-corrected chi connectivity index (χ1v) is 9.23. The van der Waals surface area contributed by atoms with Gasteiger partial charge in [0.2, 0.25) is 0 Å². The second-order valence-electron chi connectivity index (χ2n) is 8.80. The molecule has 0 aromatic carbocycles. The van der Waals surface area contributed by atoms with Crippen LogP contribution in [0.5, 0.6) is 0 Å². The largest absolute Gasteiger partial charge is 0.378 e. The zero-order chi connectivity index (χ0) is 16.5. The van der Waals surface area contributed by atoms with Gasteiger partial charge in [-0.25, -0.2) is 4.98 Å². The van der Waals surface area contributed by atoms with E-state index in [0.29, 0.717) is 17.4 Å². The zero-order valence-electron chi connectivity index (χ0n) is 14.8. The van der Waals surface area contributed by atoms with Gasteiger partial charge in [-0.3, -0.25) is 9.97 Å². The fourth-order valence-corrected chi connectivity index (χ4v) is 5.53. The third-order valence-corrected chi connectivity index (χ3v) is 6.37. The molecule has 24 heavy (non-hydrogen) atoms. The average molecular weight is 323 g/mol. The summed E-state index contributed by atoms with van der Waals surface area (Å²) < 4.78 is 5.73. The molecule has 3 aliphatic carbocycles. The lowest BCUT2D eigenvalue weighted by Crippen LogP contribution is -2.63. The van der Waals surface area contributed by atoms with Crippen LogP contribution in [-0.4, -0.2) is 27.7 Å². The quantitative estimate of drug-likeness (QED) is 0.836. The van der Waals surface area contributed by atoms with Crippen LogP contribution in [0.15, 0.2) is 12.3 Å². The summed E-state index contributed by atoms with van der Waals surface area (Å²) in [5, 5.41) is 0. The van der Waals surface area contributed by atoms with E-state index in [0.717, 1.165) is 36.2 Å². The number of hydrogen-bond donors (Lipinski definition) is 0. The Morgan fingerprint density at radius 1 is 1.21 bits per heavy atom. The van der Waals surface area contributed by atoms with Crippen molar-refractivity contribution in [1.82, 2.24) is 15.0 Å². The monoisotopic (exact) mass is 323 g/mol. The van der Waals surface area contributed by atoms with Crippen LogP contribution in [0.4, 0.5) is 0 Å². The Morgan fingerprint density at radius 2 is 2.00 bits per heavy atom. The van der Waals surface area contributed by atoms with Crippen molar-refractivity contribution in [2.45, 2.75) is 70.3 Å². The molecule has 0 amide bonds. The van der Waals surface area contributed by atoms with Gasteiger partial charge < -0.3 is 4.74 Å². The van der Waals surface area contributed by atoms with Gasteiger partial charge in [0, 0.05) is 29.8 Å². The summed E-state index contributed by atoms with van der Waals surface area (Å²) in [7, 11) is 0. The molecule has 4 aliphatic rings. The molecule has 3 saturated carbocycles. The summed E-state index contributed by atoms with van der Waals surface area (Å²) in [5.41, 5.74) is 6.33. The smallest absolute Gasteiger partial charge is 0.111 e. The highest BCUT2D eigenvalue weighted by molar-refractivity contribution is 5.79. The van der Waals surface area contributed by atoms with Gasteiger partial charge in [0.25, 0.3) is 0 Å². The molecule has 0 N–H and O–H groups in total. The minimum Gasteiger partial charge on any atom is -0.378 e. The molecular formula is C20H25N3O. The van der Waals surface area contributed by atoms with Crippen molar-refractivity contribution in [1.29, 1.82) is 0 Å². The maximum Gasteiger partial charge on any atom is 0.111 e. The molecular weight excluding hydrogens is 298 g/mol. The van der Waals surface area contributed by atoms with Gasteiger partial charge in [-0.05, 0) is 57.4 Å². The van der Waals surface area contributed by atoms with Crippen LogP contribution in [0, 0.1) is 12.3 Å². The van der Waals surface area contributed by atoms with Crippen molar-refractivity contribution < 1.29 is 4.74 Å². The van der Waals surface area contributed by atoms with Gasteiger partial charge in [0.05, 0.1) is 23.0 Å². The summed E-state index contributed by atoms with van der Waals surface area (Å²) in [6, 6.07) is 2.19. The SMILES string of the molecule is Cc1cnc2c(C34CC(C)(C3)C4)nc(C3CCO[C@@H](C)C3)cc2n1. The average Bonchev–Trinajstić information content (AvgIpc) is 2.49. The Labute approximate surface area is 143 Å². The van der Waals surface area contributed by atoms with Crippen LogP contribution in [0.3, 0.4) is 0 Å². The summed E-state index contributed by atoms with van der Waals surface area (Å²) in [4.78, 5) is 14.7. The third-order valence-electron chi connectivity index (χ3n) is 6.37. The minimum absolute atomic E-state index is 0.281. The fraction of sp³-hybridized carbons (Fsp3) is 0.650. The van der Waals surface area contributed by atoms with Crippen molar-refractivity contribution in [3.05, 3.63) is 29.3 Å². The van der Waals surface area contributed by atoms with Crippen molar-refractivity contribution in [2.75, 3.05) is 6.61 Å². The van der Waals surface area contributed by atoms with E-state index in [1.165, 1.54) is 30.7 Å². The van der Waals surface area contributed by atoms with Gasteiger partial charge >= 0.3 is 0 Å². The van der Waals surface area contributed by atoms with Gasteiger partial charge in [-0.15, -0.1) is 0 Å². The Hall–Kier alpha value is -1.55. The Balaban J connectivity index is 1.63. The number of ether oxygens (including phenoxy) is 1. The molecule has 0 radical (unpaired) electrons. The Bertz CT molecular complexity index is 811. The van der Waals surface area contributed by atoms with E-state index in [4.69, 9.17) is 19.7 Å². The van der Waals surface area contributed by atoms with E-state index < -0.39 is 0 Å². The van der Waals surface area contributed by atoms with Gasteiger partial charge in [0.1, 0.15) is 5.52 Å². The second kappa shape index (κ2) is 4.75. The number of fused-ring (bicyclic) bond motifs is 1. The number of nitrogens with zero attached hydrogens (tertiary/aromatic N) is 3. The molecule has 4 heteroatoms. The van der Waals surface area contributed by atoms with Crippen molar-refractivity contribution in [3.8, 4) is 0 Å². The highest BCUT2D eigenvalue weighted by Gasteiger charge is 2.67. The molecule has 1 aliphatic heterocycles. The number of pyridine rings is 1. The lowest BCUT2D eigenvalue weighted by molar-refractivity contribution is -0.127. The number of aryl methyl sites for hydroxylation is 1. The van der Waals surface area contributed by atoms with E-state index in [9.17, 15) is 0 Å². The summed E-state index contributed by atoms with van der Waals surface area (Å²) in [6.45, 7) is 7.42. The topological polar surface area (TPSA) is 47.9 Å². The normalized spacial score (nSPS) is 37.8. The number of aromatic nitrogens is 3. The highest BCUT2D eigenvalue weighted by Crippen LogP contribution is 2.73. The molecule has 6 rings (SSSR count). The first kappa shape index (κ1) is 14.8. The highest BCUT2D eigenvalue weighted by atomic mass is 16.5. The van der Waals surface area contributed by atoms with Crippen molar-refractivity contribution in [2.24, 2.45) is 5.41 Å². The van der Waals surface area contributed by atoms with Crippen LogP contribution in [0.1, 0.15) is 69.0 Å². The molecule has 4 fully saturated rings. The molecule has 0 spiro atoms. The van der Waals surface area contributed by atoms with E-state index in [-0.39, 0.29) is 5.41 Å². The third kappa shape index (κ3) is 2.05. The Morgan fingerprint density at radius 3 is 2.71 bits per heavy atom. The molecule has 2 atom stereocenters. The standard InChI is InChI=1S/C20H25N3O/c1-12-8-21-17-16(22-12)7-15(14-4-5-24-13(2)6-14)23-18(17)20-9-19(3,10-20)11-20/h7-8,13-14H,4-6,9-11H2,1-3H3/t13-,14?,19?,20?/m0/s1. The number of rotatable bonds is 2. The molecule has 4 nitrogen and oxygen atoms in total. The van der Waals surface area contributed by atoms with E-state index in [1.54, 1.807) is 0 Å². The van der Waals surface area contributed by atoms with E-state index in [1.807, 2.05) is 13.1 Å². The predicted molar refractivity (Wildman–Crippen MR) is 93.1 cm³/mol. The Kier molecular flexibility index (Phi) is 2.92. The molecule has 2 bridgehead atoms. The summed E-state index contributed by atoms with van der Waals surface area (Å²) >= 11 is 0. The molecule has 1 unspecified atom stereocenters. The lowest BCUT2D eigenvalue weighted by Gasteiger charge is -2.69. The second-order valence-corrected chi connectivity index (χ2v) is 8.80. The van der Waals surface area contributed by atoms with Gasteiger partial charge in [-0.1, -0.05) is 6.92 Å².